The van der Waals surface area contributed by atoms with Gasteiger partial charge in [-0.25, -0.2) is 0 Å². The molecule has 0 bridgehead atoms. The summed E-state index contributed by atoms with van der Waals surface area (Å²) in [5.74, 6) is -8.13. The maximum atomic E-state index is 14.4. The van der Waals surface area contributed by atoms with E-state index in [2.05, 4.69) is 42.2 Å². The normalized spacial score (nSPS) is 23.2. The number of rotatable bonds is 18. The minimum absolute atomic E-state index is 0.0201. The van der Waals surface area contributed by atoms with Crippen molar-refractivity contribution in [1.82, 2.24) is 42.2 Å². The summed E-state index contributed by atoms with van der Waals surface area (Å²) in [6.07, 6.45) is 0.897. The number of amides is 7. The first-order chi connectivity index (χ1) is 34.0. The smallest absolute Gasteiger partial charge is 0.243 e. The molecule has 21 heteroatoms. The van der Waals surface area contributed by atoms with E-state index in [0.717, 1.165) is 10.9 Å². The van der Waals surface area contributed by atoms with Crippen molar-refractivity contribution in [2.75, 3.05) is 32.7 Å². The van der Waals surface area contributed by atoms with Crippen LogP contribution in [-0.4, -0.2) is 127 Å². The topological polar surface area (TPSA) is 358 Å². The van der Waals surface area contributed by atoms with Gasteiger partial charge in [-0.3, -0.25) is 43.2 Å². The van der Waals surface area contributed by atoms with Crippen LogP contribution in [0, 0.1) is 17.8 Å². The third kappa shape index (κ3) is 18.0. The molecule has 4 rings (SSSR count). The summed E-state index contributed by atoms with van der Waals surface area (Å²) in [7, 11) is 0. The summed E-state index contributed by atoms with van der Waals surface area (Å²) < 4.78 is 0. The number of hydrogen-bond donors (Lipinski definition) is 12. The Hall–Kier alpha value is -6.55. The highest BCUT2D eigenvalue weighted by atomic mass is 16.2. The van der Waals surface area contributed by atoms with E-state index in [1.54, 1.807) is 36.5 Å². The number of Topliss-reactive ketones (excluding diaryl/α,β-unsaturated/α-hetero) is 2. The molecule has 1 aliphatic rings. The second-order valence-electron chi connectivity index (χ2n) is 18.6. The van der Waals surface area contributed by atoms with E-state index in [9.17, 15) is 43.2 Å². The van der Waals surface area contributed by atoms with Crippen LogP contribution >= 0.6 is 0 Å². The fourth-order valence-corrected chi connectivity index (χ4v) is 8.65. The molecular formula is C50H74N12O9. The number of aromatic nitrogens is 1. The average molecular weight is 987 g/mol. The summed E-state index contributed by atoms with van der Waals surface area (Å²) in [6.45, 7) is 4.65. The lowest BCUT2D eigenvalue weighted by molar-refractivity contribution is -0.136. The molecule has 1 fully saturated rings. The van der Waals surface area contributed by atoms with Gasteiger partial charge in [0.2, 0.25) is 41.4 Å². The van der Waals surface area contributed by atoms with Crippen LogP contribution in [0.25, 0.3) is 10.9 Å². The zero-order chi connectivity index (χ0) is 52.0. The predicted octanol–water partition coefficient (Wildman–Crippen LogP) is -1.01. The van der Waals surface area contributed by atoms with Gasteiger partial charge in [0.25, 0.3) is 0 Å². The minimum atomic E-state index is -1.28. The molecule has 21 nitrogen and oxygen atoms in total. The van der Waals surface area contributed by atoms with E-state index in [0.29, 0.717) is 11.1 Å². The molecule has 0 saturated carbocycles. The zero-order valence-electron chi connectivity index (χ0n) is 41.1. The summed E-state index contributed by atoms with van der Waals surface area (Å²) in [4.78, 5) is 129. The lowest BCUT2D eigenvalue weighted by atomic mass is 9.89. The Morgan fingerprint density at radius 2 is 1.18 bits per heavy atom. The number of hydrogen-bond acceptors (Lipinski definition) is 13. The van der Waals surface area contributed by atoms with Gasteiger partial charge < -0.3 is 65.1 Å². The first kappa shape index (κ1) is 57.0. The Morgan fingerprint density at radius 1 is 0.634 bits per heavy atom. The highest BCUT2D eigenvalue weighted by Gasteiger charge is 2.36. The second kappa shape index (κ2) is 29.0. The van der Waals surface area contributed by atoms with Gasteiger partial charge in [-0.2, -0.15) is 0 Å². The monoisotopic (exact) mass is 987 g/mol. The number of aromatic amines is 1. The molecule has 0 spiro atoms. The molecule has 0 radical (unpaired) electrons. The first-order valence-corrected chi connectivity index (χ1v) is 24.5. The number of nitrogens with two attached hydrogens (primary N) is 4. The quantitative estimate of drug-likeness (QED) is 0.0729. The van der Waals surface area contributed by atoms with E-state index in [1.807, 2.05) is 38.1 Å². The third-order valence-corrected chi connectivity index (χ3v) is 12.4. The van der Waals surface area contributed by atoms with Crippen molar-refractivity contribution in [3.8, 4) is 0 Å². The first-order valence-electron chi connectivity index (χ1n) is 24.5. The van der Waals surface area contributed by atoms with Crippen LogP contribution in [0.1, 0.15) is 83.3 Å². The fraction of sp³-hybridized carbons (Fsp3) is 0.540. The van der Waals surface area contributed by atoms with Crippen molar-refractivity contribution < 1.29 is 43.2 Å². The van der Waals surface area contributed by atoms with Crippen LogP contribution in [0.3, 0.4) is 0 Å². The van der Waals surface area contributed by atoms with E-state index in [-0.39, 0.29) is 96.4 Å². The molecule has 7 amide bonds. The number of ketones is 2. The standard InChI is InChI=1S/C50H74N12O9/c1-29(2)23-41-50(71)60-39(15-20-53)48(69)59-40(16-21-54)49(70)62-42(25-34-28-56-36-12-8-7-11-35(34)36)47(68)55-22-17-32(26-43(64)37(13-18-51)57-30(3)63)45(66)58-38(14-19-52)44(65)27-33(46(67)61-41)24-31-9-5-4-6-10-31/h4-12,28-29,32-33,37-42,56H,13-27,51-54H2,1-3H3,(H,55,68)(H,57,63)(H,58,66)(H,59,69)(H,60,71)(H,61,67)(H,62,70)/t32-,33+,37-,38+,39+,40+,41+,42+/m1/s1. The minimum Gasteiger partial charge on any atom is -0.361 e. The number of nitrogens with one attached hydrogen (secondary N) is 8. The summed E-state index contributed by atoms with van der Waals surface area (Å²) in [5.41, 5.74) is 25.8. The van der Waals surface area contributed by atoms with Crippen molar-refractivity contribution in [1.29, 1.82) is 0 Å². The van der Waals surface area contributed by atoms with Crippen LogP contribution < -0.4 is 60.2 Å². The molecule has 2 aromatic carbocycles. The van der Waals surface area contributed by atoms with Gasteiger partial charge in [0, 0.05) is 61.7 Å². The Bertz CT molecular complexity index is 2290. The van der Waals surface area contributed by atoms with Crippen molar-refractivity contribution >= 4 is 63.8 Å². The molecule has 0 unspecified atom stereocenters. The maximum absolute atomic E-state index is 14.4. The molecule has 388 valence electrons. The molecule has 16 N–H and O–H groups in total. The highest BCUT2D eigenvalue weighted by Crippen LogP contribution is 2.21. The highest BCUT2D eigenvalue weighted by molar-refractivity contribution is 5.98. The van der Waals surface area contributed by atoms with Gasteiger partial charge in [-0.05, 0) is 94.2 Å². The van der Waals surface area contributed by atoms with Crippen LogP contribution in [-0.2, 0) is 56.0 Å². The summed E-state index contributed by atoms with van der Waals surface area (Å²) >= 11 is 0. The van der Waals surface area contributed by atoms with Crippen molar-refractivity contribution in [2.45, 2.75) is 121 Å². The lowest BCUT2D eigenvalue weighted by Gasteiger charge is -2.28. The van der Waals surface area contributed by atoms with Gasteiger partial charge in [-0.1, -0.05) is 62.4 Å². The van der Waals surface area contributed by atoms with Crippen molar-refractivity contribution in [3.63, 3.8) is 0 Å². The van der Waals surface area contributed by atoms with Crippen LogP contribution in [0.2, 0.25) is 0 Å². The number of carbonyl (C=O) groups is 9. The molecule has 1 aliphatic heterocycles. The molecule has 2 heterocycles. The number of para-hydroxylation sites is 1. The van der Waals surface area contributed by atoms with E-state index >= 15 is 0 Å². The number of fused-ring (bicyclic) bond motifs is 1. The van der Waals surface area contributed by atoms with Crippen molar-refractivity contribution in [2.24, 2.45) is 40.7 Å². The average Bonchev–Trinajstić information content (AvgIpc) is 3.74. The van der Waals surface area contributed by atoms with Crippen molar-refractivity contribution in [3.05, 3.63) is 71.9 Å². The largest absolute Gasteiger partial charge is 0.361 e. The summed E-state index contributed by atoms with van der Waals surface area (Å²) in [6, 6.07) is 9.08. The Morgan fingerprint density at radius 3 is 1.79 bits per heavy atom. The van der Waals surface area contributed by atoms with Gasteiger partial charge in [0.05, 0.1) is 12.1 Å². The Kier molecular flexibility index (Phi) is 23.3. The molecule has 1 aromatic heterocycles. The van der Waals surface area contributed by atoms with Gasteiger partial charge in [0.15, 0.2) is 11.6 Å². The Balaban J connectivity index is 1.81. The molecule has 71 heavy (non-hydrogen) atoms. The summed E-state index contributed by atoms with van der Waals surface area (Å²) in [5, 5.41) is 19.9. The number of carbonyl (C=O) groups excluding carboxylic acids is 9. The van der Waals surface area contributed by atoms with Crippen LogP contribution in [0.15, 0.2) is 60.8 Å². The molecule has 8 atom stereocenters. The second-order valence-corrected chi connectivity index (χ2v) is 18.6. The SMILES string of the molecule is CC(=O)N[C@H](CCN)C(=O)C[C@H]1CCNC(=O)[C@H](Cc2c[nH]c3ccccc23)NC(=O)[C@H](CCN)NC(=O)[C@H](CCN)NC(=O)[C@H](CC(C)C)NC(=O)[C@@H](Cc2ccccc2)CC(=O)[C@H](CCN)NC1=O. The predicted molar refractivity (Wildman–Crippen MR) is 267 cm³/mol. The van der Waals surface area contributed by atoms with Gasteiger partial charge in [0.1, 0.15) is 24.2 Å². The molecule has 0 aliphatic carbocycles. The lowest BCUT2D eigenvalue weighted by Crippen LogP contribution is -2.59. The van der Waals surface area contributed by atoms with Crippen LogP contribution in [0.5, 0.6) is 0 Å². The fourth-order valence-electron chi connectivity index (χ4n) is 8.65. The maximum Gasteiger partial charge on any atom is 0.243 e. The van der Waals surface area contributed by atoms with Crippen LogP contribution in [0.4, 0.5) is 0 Å². The number of benzene rings is 2. The molecular weight excluding hydrogens is 913 g/mol. The zero-order valence-corrected chi connectivity index (χ0v) is 41.1. The number of H-pyrrole nitrogens is 1. The van der Waals surface area contributed by atoms with E-state index in [4.69, 9.17) is 22.9 Å². The van der Waals surface area contributed by atoms with E-state index < -0.39 is 107 Å². The molecule has 3 aromatic rings. The van der Waals surface area contributed by atoms with E-state index in [1.165, 1.54) is 6.92 Å². The molecule has 1 saturated heterocycles. The van der Waals surface area contributed by atoms with Gasteiger partial charge >= 0.3 is 0 Å². The van der Waals surface area contributed by atoms with Gasteiger partial charge in [-0.15, -0.1) is 0 Å². The Labute approximate surface area is 414 Å². The third-order valence-electron chi connectivity index (χ3n) is 12.4.